The summed E-state index contributed by atoms with van der Waals surface area (Å²) in [6.45, 7) is 11.6. The molecule has 0 saturated heterocycles. The maximum absolute atomic E-state index is 13.6. The van der Waals surface area contributed by atoms with Crippen LogP contribution < -0.4 is 19.6 Å². The van der Waals surface area contributed by atoms with Crippen molar-refractivity contribution in [3.63, 3.8) is 0 Å². The van der Waals surface area contributed by atoms with Gasteiger partial charge in [-0.3, -0.25) is 4.79 Å². The Bertz CT molecular complexity index is 1320. The van der Waals surface area contributed by atoms with Gasteiger partial charge in [0, 0.05) is 11.0 Å². The van der Waals surface area contributed by atoms with Gasteiger partial charge in [0.25, 0.3) is 0 Å². The van der Waals surface area contributed by atoms with Crippen molar-refractivity contribution in [2.24, 2.45) is 0 Å². The summed E-state index contributed by atoms with van der Waals surface area (Å²) in [4.78, 5) is 13.6. The van der Waals surface area contributed by atoms with E-state index >= 15 is 0 Å². The van der Waals surface area contributed by atoms with Crippen molar-refractivity contribution in [2.75, 3.05) is 14.2 Å². The fourth-order valence-corrected chi connectivity index (χ4v) is 3.98. The number of phenolic OH excluding ortho intramolecular Hbond substituents is 1. The van der Waals surface area contributed by atoms with Gasteiger partial charge in [-0.2, -0.15) is 0 Å². The van der Waals surface area contributed by atoms with Gasteiger partial charge < -0.3 is 23.7 Å². The third kappa shape index (κ3) is 2.97. The van der Waals surface area contributed by atoms with Gasteiger partial charge in [-0.05, 0) is 26.0 Å². The largest absolute Gasteiger partial charge is 0.502 e. The van der Waals surface area contributed by atoms with Gasteiger partial charge in [0.05, 0.1) is 25.2 Å². The topological polar surface area (TPSA) is 78.1 Å². The van der Waals surface area contributed by atoms with Crippen LogP contribution in [0.2, 0.25) is 0 Å². The van der Waals surface area contributed by atoms with Gasteiger partial charge in [0.15, 0.2) is 28.4 Å². The predicted octanol–water partition coefficient (Wildman–Crippen LogP) is 5.32. The maximum atomic E-state index is 13.6. The van der Waals surface area contributed by atoms with Crippen LogP contribution in [0.25, 0.3) is 28.0 Å². The summed E-state index contributed by atoms with van der Waals surface area (Å²) in [5.74, 6) is 0.414. The number of aromatic hydroxyl groups is 1. The second-order valence-electron chi connectivity index (χ2n) is 8.75. The molecule has 0 bridgehead atoms. The number of hydrogen-bond acceptors (Lipinski definition) is 6. The molecule has 1 N–H and O–H groups in total. The van der Waals surface area contributed by atoms with E-state index in [1.165, 1.54) is 14.2 Å². The number of phenols is 1. The second kappa shape index (κ2) is 6.80. The highest BCUT2D eigenvalue weighted by atomic mass is 16.5. The Hall–Kier alpha value is -3.41. The third-order valence-corrected chi connectivity index (χ3v) is 5.75. The minimum absolute atomic E-state index is 0.00461. The van der Waals surface area contributed by atoms with Crippen LogP contribution in [-0.2, 0) is 5.41 Å². The zero-order valence-electron chi connectivity index (χ0n) is 18.6. The van der Waals surface area contributed by atoms with Crippen LogP contribution in [0.5, 0.6) is 23.0 Å². The third-order valence-electron chi connectivity index (χ3n) is 5.75. The fraction of sp³-hybridized carbons (Fsp3) is 0.320. The van der Waals surface area contributed by atoms with Crippen molar-refractivity contribution in [3.05, 3.63) is 52.2 Å². The van der Waals surface area contributed by atoms with Crippen LogP contribution in [-0.4, -0.2) is 24.9 Å². The molecule has 0 aliphatic carbocycles. The molecule has 0 spiro atoms. The molecule has 0 amide bonds. The summed E-state index contributed by atoms with van der Waals surface area (Å²) in [5.41, 5.74) is 0.346. The van der Waals surface area contributed by atoms with Crippen LogP contribution >= 0.6 is 0 Å². The summed E-state index contributed by atoms with van der Waals surface area (Å²) in [7, 11) is 2.83. The number of ether oxygens (including phenoxy) is 3. The molecule has 0 unspecified atom stereocenters. The van der Waals surface area contributed by atoms with E-state index in [0.717, 1.165) is 5.56 Å². The number of fused-ring (bicyclic) bond motifs is 4. The molecule has 0 radical (unpaired) electrons. The molecule has 0 saturated carbocycles. The lowest BCUT2D eigenvalue weighted by Crippen LogP contribution is -2.27. The quantitative estimate of drug-likeness (QED) is 0.453. The van der Waals surface area contributed by atoms with Crippen molar-refractivity contribution >= 4 is 28.0 Å². The summed E-state index contributed by atoms with van der Waals surface area (Å²) < 4.78 is 23.5. The Morgan fingerprint density at radius 2 is 1.81 bits per heavy atom. The Kier molecular flexibility index (Phi) is 4.58. The van der Waals surface area contributed by atoms with Crippen LogP contribution in [0.4, 0.5) is 0 Å². The van der Waals surface area contributed by atoms with Crippen LogP contribution in [0.1, 0.15) is 38.8 Å². The maximum Gasteiger partial charge on any atom is 0.204 e. The lowest BCUT2D eigenvalue weighted by molar-refractivity contribution is 0.159. The molecule has 6 nitrogen and oxygen atoms in total. The zero-order chi connectivity index (χ0) is 22.7. The van der Waals surface area contributed by atoms with E-state index in [2.05, 4.69) is 6.58 Å². The van der Waals surface area contributed by atoms with Crippen molar-refractivity contribution in [3.8, 4) is 23.0 Å². The van der Waals surface area contributed by atoms with Gasteiger partial charge >= 0.3 is 0 Å². The zero-order valence-corrected chi connectivity index (χ0v) is 18.6. The van der Waals surface area contributed by atoms with E-state index in [1.54, 1.807) is 12.1 Å². The summed E-state index contributed by atoms with van der Waals surface area (Å²) in [6.07, 6.45) is 5.62. The normalized spacial score (nSPS) is 14.9. The molecule has 0 fully saturated rings. The van der Waals surface area contributed by atoms with Crippen molar-refractivity contribution in [1.29, 1.82) is 0 Å². The van der Waals surface area contributed by atoms with E-state index in [9.17, 15) is 9.90 Å². The van der Waals surface area contributed by atoms with E-state index in [1.807, 2.05) is 45.9 Å². The van der Waals surface area contributed by atoms with Gasteiger partial charge in [0.1, 0.15) is 11.0 Å². The minimum Gasteiger partial charge on any atom is -0.502 e. The SMILES string of the molecule is C=CC(C)(C)c1c(OC)c(O)c(OC)c2c(=O)c3ccc4c(c3oc12)OC(C)(C)C=C4. The molecule has 1 aliphatic heterocycles. The highest BCUT2D eigenvalue weighted by Gasteiger charge is 2.34. The van der Waals surface area contributed by atoms with Crippen molar-refractivity contribution < 1.29 is 23.7 Å². The van der Waals surface area contributed by atoms with Crippen LogP contribution in [0, 0.1) is 0 Å². The standard InChI is InChI=1S/C25H26O6/c1-8-24(2,3)16-21-15(22(28-6)18(27)23(16)29-7)17(26)14-10-9-13-11-12-25(4,5)31-19(13)20(14)30-21/h8-12,27H,1H2,2-7H3. The first kappa shape index (κ1) is 20.8. The molecule has 2 heterocycles. The smallest absolute Gasteiger partial charge is 0.204 e. The fourth-order valence-electron chi connectivity index (χ4n) is 3.98. The number of benzene rings is 2. The van der Waals surface area contributed by atoms with Crippen LogP contribution in [0.3, 0.4) is 0 Å². The molecule has 1 aliphatic rings. The van der Waals surface area contributed by atoms with Gasteiger partial charge in [-0.25, -0.2) is 0 Å². The summed E-state index contributed by atoms with van der Waals surface area (Å²) >= 11 is 0. The summed E-state index contributed by atoms with van der Waals surface area (Å²) in [6, 6.07) is 3.51. The molecular weight excluding hydrogens is 396 g/mol. The molecule has 162 valence electrons. The molecule has 4 rings (SSSR count). The Balaban J connectivity index is 2.29. The molecule has 2 aromatic carbocycles. The second-order valence-corrected chi connectivity index (χ2v) is 8.75. The first-order chi connectivity index (χ1) is 14.6. The highest BCUT2D eigenvalue weighted by Crippen LogP contribution is 2.50. The molecule has 31 heavy (non-hydrogen) atoms. The lowest BCUT2D eigenvalue weighted by Gasteiger charge is -2.29. The van der Waals surface area contributed by atoms with Crippen molar-refractivity contribution in [2.45, 2.75) is 38.7 Å². The van der Waals surface area contributed by atoms with E-state index in [4.69, 9.17) is 18.6 Å². The number of allylic oxidation sites excluding steroid dienone is 1. The Labute approximate surface area is 180 Å². The average Bonchev–Trinajstić information content (AvgIpc) is 2.72. The molecule has 3 aromatic rings. The Morgan fingerprint density at radius 1 is 1.13 bits per heavy atom. The number of methoxy groups -OCH3 is 2. The first-order valence-corrected chi connectivity index (χ1v) is 9.99. The van der Waals surface area contributed by atoms with Gasteiger partial charge in [-0.1, -0.05) is 32.1 Å². The molecule has 1 aromatic heterocycles. The molecule has 6 heteroatoms. The summed E-state index contributed by atoms with van der Waals surface area (Å²) in [5, 5.41) is 11.4. The monoisotopic (exact) mass is 422 g/mol. The van der Waals surface area contributed by atoms with E-state index in [0.29, 0.717) is 22.3 Å². The minimum atomic E-state index is -0.689. The van der Waals surface area contributed by atoms with E-state index in [-0.39, 0.29) is 33.6 Å². The predicted molar refractivity (Wildman–Crippen MR) is 122 cm³/mol. The first-order valence-electron chi connectivity index (χ1n) is 9.99. The average molecular weight is 422 g/mol. The number of rotatable bonds is 4. The Morgan fingerprint density at radius 3 is 2.42 bits per heavy atom. The van der Waals surface area contributed by atoms with Gasteiger partial charge in [-0.15, -0.1) is 6.58 Å². The number of hydrogen-bond donors (Lipinski definition) is 1. The van der Waals surface area contributed by atoms with Crippen LogP contribution in [0.15, 0.2) is 40.1 Å². The van der Waals surface area contributed by atoms with Gasteiger partial charge in [0.2, 0.25) is 11.2 Å². The molecule has 0 atom stereocenters. The van der Waals surface area contributed by atoms with E-state index < -0.39 is 11.0 Å². The molecular formula is C25H26O6. The lowest BCUT2D eigenvalue weighted by atomic mass is 9.82. The highest BCUT2D eigenvalue weighted by molar-refractivity contribution is 6.01. The van der Waals surface area contributed by atoms with Crippen molar-refractivity contribution in [1.82, 2.24) is 0 Å².